The van der Waals surface area contributed by atoms with Crippen molar-refractivity contribution in [3.63, 3.8) is 0 Å². The van der Waals surface area contributed by atoms with Gasteiger partial charge in [-0.3, -0.25) is 4.79 Å². The molecule has 1 atom stereocenters. The monoisotopic (exact) mass is 382 g/mol. The van der Waals surface area contributed by atoms with E-state index in [0.717, 1.165) is 43.8 Å². The minimum absolute atomic E-state index is 0.0106. The van der Waals surface area contributed by atoms with E-state index in [9.17, 15) is 4.79 Å². The molecule has 1 heterocycles. The number of para-hydroxylation sites is 1. The molecule has 3 rings (SSSR count). The Morgan fingerprint density at radius 3 is 2.71 bits per heavy atom. The van der Waals surface area contributed by atoms with Crippen LogP contribution in [0.4, 0.5) is 0 Å². The number of rotatable bonds is 9. The highest BCUT2D eigenvalue weighted by molar-refractivity contribution is 5.77. The molecule has 0 saturated carbocycles. The Morgan fingerprint density at radius 1 is 1.11 bits per heavy atom. The van der Waals surface area contributed by atoms with Crippen LogP contribution in [-0.4, -0.2) is 50.8 Å². The fraction of sp³-hybridized carbons (Fsp3) is 0.435. The van der Waals surface area contributed by atoms with Crippen molar-refractivity contribution in [2.45, 2.75) is 25.3 Å². The Balaban J connectivity index is 1.45. The second-order valence-electron chi connectivity index (χ2n) is 7.00. The third-order valence-electron chi connectivity index (χ3n) is 5.12. The van der Waals surface area contributed by atoms with E-state index < -0.39 is 0 Å². The molecule has 0 bridgehead atoms. The van der Waals surface area contributed by atoms with Crippen LogP contribution in [0.5, 0.6) is 5.75 Å². The summed E-state index contributed by atoms with van der Waals surface area (Å²) in [6.45, 7) is 3.60. The van der Waals surface area contributed by atoms with Crippen LogP contribution in [0.15, 0.2) is 54.6 Å². The van der Waals surface area contributed by atoms with Gasteiger partial charge < -0.3 is 19.7 Å². The molecule has 0 spiro atoms. The van der Waals surface area contributed by atoms with Crippen molar-refractivity contribution < 1.29 is 14.3 Å². The van der Waals surface area contributed by atoms with Crippen LogP contribution in [0.3, 0.4) is 0 Å². The molecular weight excluding hydrogens is 352 g/mol. The number of carbonyl (C=O) groups is 1. The fourth-order valence-corrected chi connectivity index (χ4v) is 3.63. The van der Waals surface area contributed by atoms with Gasteiger partial charge in [-0.1, -0.05) is 48.5 Å². The molecule has 1 unspecified atom stereocenters. The summed E-state index contributed by atoms with van der Waals surface area (Å²) in [6, 6.07) is 18.3. The van der Waals surface area contributed by atoms with Gasteiger partial charge in [0.15, 0.2) is 0 Å². The lowest BCUT2D eigenvalue weighted by molar-refractivity contribution is -0.135. The normalized spacial score (nSPS) is 16.8. The zero-order valence-corrected chi connectivity index (χ0v) is 16.6. The first-order valence-electron chi connectivity index (χ1n) is 10.0. The zero-order chi connectivity index (χ0) is 19.6. The zero-order valence-electron chi connectivity index (χ0n) is 16.6. The molecule has 1 amide bonds. The number of hydrogen-bond acceptors (Lipinski definition) is 4. The Morgan fingerprint density at radius 2 is 1.89 bits per heavy atom. The van der Waals surface area contributed by atoms with Gasteiger partial charge >= 0.3 is 0 Å². The SMILES string of the molecule is COc1ccccc1C1CNCCN1C(=O)CCCOCCc1ccccc1. The van der Waals surface area contributed by atoms with Crippen molar-refractivity contribution in [3.05, 3.63) is 65.7 Å². The van der Waals surface area contributed by atoms with Gasteiger partial charge in [0, 0.05) is 38.2 Å². The van der Waals surface area contributed by atoms with Crippen molar-refractivity contribution in [3.8, 4) is 5.75 Å². The minimum atomic E-state index is 0.0106. The number of ether oxygens (including phenoxy) is 2. The van der Waals surface area contributed by atoms with E-state index in [1.165, 1.54) is 5.56 Å². The molecule has 1 aliphatic heterocycles. The van der Waals surface area contributed by atoms with E-state index in [1.807, 2.05) is 47.4 Å². The summed E-state index contributed by atoms with van der Waals surface area (Å²) in [6.07, 6.45) is 2.16. The van der Waals surface area contributed by atoms with Gasteiger partial charge in [-0.25, -0.2) is 0 Å². The molecule has 1 saturated heterocycles. The van der Waals surface area contributed by atoms with E-state index in [2.05, 4.69) is 17.4 Å². The van der Waals surface area contributed by atoms with E-state index in [1.54, 1.807) is 7.11 Å². The Labute approximate surface area is 167 Å². The Bertz CT molecular complexity index is 736. The lowest BCUT2D eigenvalue weighted by Gasteiger charge is -2.37. The van der Waals surface area contributed by atoms with Gasteiger partial charge in [0.2, 0.25) is 5.91 Å². The summed E-state index contributed by atoms with van der Waals surface area (Å²) in [7, 11) is 1.67. The molecule has 1 N–H and O–H groups in total. The Hall–Kier alpha value is -2.37. The van der Waals surface area contributed by atoms with Gasteiger partial charge in [-0.05, 0) is 24.5 Å². The summed E-state index contributed by atoms with van der Waals surface area (Å²) in [5, 5.41) is 3.39. The lowest BCUT2D eigenvalue weighted by Crippen LogP contribution is -2.48. The number of nitrogens with zero attached hydrogens (tertiary/aromatic N) is 1. The molecule has 5 heteroatoms. The molecule has 0 aliphatic carbocycles. The second-order valence-corrected chi connectivity index (χ2v) is 7.00. The maximum Gasteiger partial charge on any atom is 0.223 e. The highest BCUT2D eigenvalue weighted by Gasteiger charge is 2.29. The Kier molecular flexibility index (Phi) is 7.88. The summed E-state index contributed by atoms with van der Waals surface area (Å²) in [5.41, 5.74) is 2.34. The fourth-order valence-electron chi connectivity index (χ4n) is 3.63. The number of hydrogen-bond donors (Lipinski definition) is 1. The molecule has 28 heavy (non-hydrogen) atoms. The number of amides is 1. The average Bonchev–Trinajstić information content (AvgIpc) is 2.76. The van der Waals surface area contributed by atoms with Gasteiger partial charge in [0.1, 0.15) is 5.75 Å². The molecular formula is C23H30N2O3. The predicted octanol–water partition coefficient (Wildman–Crippen LogP) is 3.21. The van der Waals surface area contributed by atoms with Crippen molar-refractivity contribution in [1.29, 1.82) is 0 Å². The van der Waals surface area contributed by atoms with E-state index in [0.29, 0.717) is 19.6 Å². The van der Waals surface area contributed by atoms with Crippen LogP contribution in [0.25, 0.3) is 0 Å². The number of nitrogens with one attached hydrogen (secondary N) is 1. The number of benzene rings is 2. The van der Waals surface area contributed by atoms with Crippen LogP contribution in [-0.2, 0) is 16.0 Å². The number of piperazine rings is 1. The largest absolute Gasteiger partial charge is 0.496 e. The maximum atomic E-state index is 12.8. The number of carbonyl (C=O) groups excluding carboxylic acids is 1. The molecule has 2 aromatic rings. The first kappa shape index (κ1) is 20.4. The van der Waals surface area contributed by atoms with Crippen molar-refractivity contribution in [1.82, 2.24) is 10.2 Å². The molecule has 0 aromatic heterocycles. The van der Waals surface area contributed by atoms with E-state index in [-0.39, 0.29) is 11.9 Å². The molecule has 0 radical (unpaired) electrons. The maximum absolute atomic E-state index is 12.8. The van der Waals surface area contributed by atoms with Crippen molar-refractivity contribution in [2.75, 3.05) is 40.0 Å². The van der Waals surface area contributed by atoms with Crippen LogP contribution in [0.2, 0.25) is 0 Å². The highest BCUT2D eigenvalue weighted by atomic mass is 16.5. The summed E-state index contributed by atoms with van der Waals surface area (Å²) < 4.78 is 11.2. The summed E-state index contributed by atoms with van der Waals surface area (Å²) >= 11 is 0. The summed E-state index contributed by atoms with van der Waals surface area (Å²) in [5.74, 6) is 1.02. The van der Waals surface area contributed by atoms with E-state index >= 15 is 0 Å². The predicted molar refractivity (Wildman–Crippen MR) is 111 cm³/mol. The molecule has 150 valence electrons. The van der Waals surface area contributed by atoms with Gasteiger partial charge in [-0.15, -0.1) is 0 Å². The van der Waals surface area contributed by atoms with Crippen LogP contribution in [0, 0.1) is 0 Å². The average molecular weight is 383 g/mol. The number of methoxy groups -OCH3 is 1. The molecule has 5 nitrogen and oxygen atoms in total. The van der Waals surface area contributed by atoms with Crippen LogP contribution >= 0.6 is 0 Å². The van der Waals surface area contributed by atoms with Crippen molar-refractivity contribution in [2.24, 2.45) is 0 Å². The van der Waals surface area contributed by atoms with Gasteiger partial charge in [0.05, 0.1) is 19.8 Å². The lowest BCUT2D eigenvalue weighted by atomic mass is 10.0. The van der Waals surface area contributed by atoms with E-state index in [4.69, 9.17) is 9.47 Å². The quantitative estimate of drug-likeness (QED) is 0.677. The third-order valence-corrected chi connectivity index (χ3v) is 5.12. The molecule has 2 aromatic carbocycles. The molecule has 1 fully saturated rings. The topological polar surface area (TPSA) is 50.8 Å². The van der Waals surface area contributed by atoms with Gasteiger partial charge in [-0.2, -0.15) is 0 Å². The van der Waals surface area contributed by atoms with Crippen molar-refractivity contribution >= 4 is 5.91 Å². The third kappa shape index (κ3) is 5.57. The first-order valence-corrected chi connectivity index (χ1v) is 10.0. The second kappa shape index (κ2) is 10.8. The standard InChI is InChI=1S/C23H30N2O3/c1-27-22-11-6-5-10-20(22)21-18-24-14-15-25(21)23(26)12-7-16-28-17-13-19-8-3-2-4-9-19/h2-6,8-11,21,24H,7,12-18H2,1H3. The van der Waals surface area contributed by atoms with Crippen LogP contribution < -0.4 is 10.1 Å². The first-order chi connectivity index (χ1) is 13.8. The van der Waals surface area contributed by atoms with Crippen LogP contribution in [0.1, 0.15) is 30.0 Å². The highest BCUT2D eigenvalue weighted by Crippen LogP contribution is 2.30. The smallest absolute Gasteiger partial charge is 0.223 e. The minimum Gasteiger partial charge on any atom is -0.496 e. The van der Waals surface area contributed by atoms with Gasteiger partial charge in [0.25, 0.3) is 0 Å². The summed E-state index contributed by atoms with van der Waals surface area (Å²) in [4.78, 5) is 14.8. The molecule has 1 aliphatic rings.